The first-order valence-corrected chi connectivity index (χ1v) is 10.1. The third kappa shape index (κ3) is 6.10. The Kier molecular flexibility index (Phi) is 7.90. The smallest absolute Gasteiger partial charge is 0.191 e. The number of nitrogens with zero attached hydrogens (tertiary/aromatic N) is 1. The summed E-state index contributed by atoms with van der Waals surface area (Å²) in [7, 11) is 1.58. The number of ether oxygens (including phenoxy) is 2. The van der Waals surface area contributed by atoms with Crippen molar-refractivity contribution in [3.05, 3.63) is 87.9 Å². The summed E-state index contributed by atoms with van der Waals surface area (Å²) >= 11 is 17.5. The van der Waals surface area contributed by atoms with E-state index in [1.54, 1.807) is 25.5 Å². The molecule has 0 fully saturated rings. The van der Waals surface area contributed by atoms with Crippen LogP contribution in [-0.4, -0.2) is 18.4 Å². The van der Waals surface area contributed by atoms with Gasteiger partial charge < -0.3 is 14.8 Å². The van der Waals surface area contributed by atoms with Crippen LogP contribution in [0.4, 0.5) is 5.69 Å². The zero-order valence-corrected chi connectivity index (χ0v) is 18.4. The van der Waals surface area contributed by atoms with Gasteiger partial charge in [-0.3, -0.25) is 5.43 Å². The fourth-order valence-corrected chi connectivity index (χ4v) is 3.21. The monoisotopic (exact) mass is 459 g/mol. The Hall–Kier alpha value is -2.80. The van der Waals surface area contributed by atoms with Crippen molar-refractivity contribution >= 4 is 52.4 Å². The van der Waals surface area contributed by atoms with E-state index in [1.807, 2.05) is 54.6 Å². The van der Waals surface area contributed by atoms with Crippen molar-refractivity contribution in [1.29, 1.82) is 0 Å². The van der Waals surface area contributed by atoms with Gasteiger partial charge in [-0.2, -0.15) is 5.10 Å². The Morgan fingerprint density at radius 2 is 1.87 bits per heavy atom. The summed E-state index contributed by atoms with van der Waals surface area (Å²) in [5, 5.41) is 8.72. The molecule has 0 aliphatic carbocycles. The maximum absolute atomic E-state index is 6.24. The van der Waals surface area contributed by atoms with Crippen molar-refractivity contribution in [2.24, 2.45) is 5.10 Å². The molecule has 0 atom stereocenters. The third-order valence-electron chi connectivity index (χ3n) is 4.02. The highest BCUT2D eigenvalue weighted by Gasteiger charge is 2.11. The molecule has 154 valence electrons. The number of hydrazone groups is 1. The average molecular weight is 460 g/mol. The number of halogens is 2. The molecule has 0 aliphatic heterocycles. The molecule has 0 aromatic heterocycles. The van der Waals surface area contributed by atoms with Gasteiger partial charge in [-0.15, -0.1) is 0 Å². The van der Waals surface area contributed by atoms with Crippen molar-refractivity contribution in [2.45, 2.75) is 6.61 Å². The molecule has 0 spiro atoms. The van der Waals surface area contributed by atoms with Crippen LogP contribution >= 0.6 is 35.4 Å². The Morgan fingerprint density at radius 3 is 2.60 bits per heavy atom. The normalized spacial score (nSPS) is 10.6. The van der Waals surface area contributed by atoms with Gasteiger partial charge in [-0.25, -0.2) is 0 Å². The highest BCUT2D eigenvalue weighted by Crippen LogP contribution is 2.32. The van der Waals surface area contributed by atoms with Crippen LogP contribution in [0.3, 0.4) is 0 Å². The maximum atomic E-state index is 6.24. The fraction of sp³-hybridized carbons (Fsp3) is 0.0909. The van der Waals surface area contributed by atoms with Crippen LogP contribution < -0.4 is 20.2 Å². The predicted octanol–water partition coefficient (Wildman–Crippen LogP) is 5.90. The predicted molar refractivity (Wildman–Crippen MR) is 127 cm³/mol. The Morgan fingerprint density at radius 1 is 1.07 bits per heavy atom. The van der Waals surface area contributed by atoms with Gasteiger partial charge in [-0.1, -0.05) is 53.5 Å². The quantitative estimate of drug-likeness (QED) is 0.261. The second-order valence-corrected chi connectivity index (χ2v) is 7.35. The maximum Gasteiger partial charge on any atom is 0.191 e. The zero-order valence-electron chi connectivity index (χ0n) is 16.1. The fourth-order valence-electron chi connectivity index (χ4n) is 2.58. The standard InChI is InChI=1S/C22H19Cl2N3O2S/c1-28-20-9-5-6-15(13-25-27-22(30)26-18-7-3-2-4-8-18)21(20)29-14-16-10-11-17(23)12-19(16)24/h2-13H,14H2,1H3,(H2,26,27,30)/b25-13-. The first kappa shape index (κ1) is 21.9. The summed E-state index contributed by atoms with van der Waals surface area (Å²) in [5.41, 5.74) is 5.19. The Balaban J connectivity index is 1.70. The van der Waals surface area contributed by atoms with Gasteiger partial charge in [-0.05, 0) is 48.6 Å². The van der Waals surface area contributed by atoms with E-state index >= 15 is 0 Å². The van der Waals surface area contributed by atoms with Crippen LogP contribution in [0.15, 0.2) is 71.8 Å². The lowest BCUT2D eigenvalue weighted by atomic mass is 10.2. The van der Waals surface area contributed by atoms with Crippen molar-refractivity contribution in [2.75, 3.05) is 12.4 Å². The minimum Gasteiger partial charge on any atom is -0.493 e. The molecule has 8 heteroatoms. The van der Waals surface area contributed by atoms with Gasteiger partial charge in [0, 0.05) is 26.9 Å². The molecule has 5 nitrogen and oxygen atoms in total. The molecule has 3 rings (SSSR count). The van der Waals surface area contributed by atoms with Crippen LogP contribution in [0.1, 0.15) is 11.1 Å². The van der Waals surface area contributed by atoms with Crippen molar-refractivity contribution in [3.8, 4) is 11.5 Å². The summed E-state index contributed by atoms with van der Waals surface area (Å²) in [5.74, 6) is 1.12. The van der Waals surface area contributed by atoms with E-state index < -0.39 is 0 Å². The van der Waals surface area contributed by atoms with Crippen molar-refractivity contribution in [3.63, 3.8) is 0 Å². The molecule has 3 aromatic carbocycles. The number of hydrogen-bond acceptors (Lipinski definition) is 4. The van der Waals surface area contributed by atoms with Gasteiger partial charge >= 0.3 is 0 Å². The molecular formula is C22H19Cl2N3O2S. The topological polar surface area (TPSA) is 54.9 Å². The summed E-state index contributed by atoms with van der Waals surface area (Å²) in [6.07, 6.45) is 1.61. The van der Waals surface area contributed by atoms with E-state index in [1.165, 1.54) is 0 Å². The molecular weight excluding hydrogens is 441 g/mol. The second kappa shape index (κ2) is 10.8. The first-order chi connectivity index (χ1) is 14.6. The van der Waals surface area contributed by atoms with Gasteiger partial charge in [0.25, 0.3) is 0 Å². The largest absolute Gasteiger partial charge is 0.493 e. The molecule has 2 N–H and O–H groups in total. The minimum absolute atomic E-state index is 0.249. The molecule has 30 heavy (non-hydrogen) atoms. The van der Waals surface area contributed by atoms with Gasteiger partial charge in [0.1, 0.15) is 6.61 Å². The van der Waals surface area contributed by atoms with E-state index in [9.17, 15) is 0 Å². The average Bonchev–Trinajstić information content (AvgIpc) is 2.74. The number of thiocarbonyl (C=S) groups is 1. The van der Waals surface area contributed by atoms with E-state index in [0.29, 0.717) is 26.7 Å². The van der Waals surface area contributed by atoms with E-state index in [2.05, 4.69) is 15.8 Å². The molecule has 0 radical (unpaired) electrons. The van der Waals surface area contributed by atoms with Crippen LogP contribution in [0, 0.1) is 0 Å². The van der Waals surface area contributed by atoms with E-state index in [-0.39, 0.29) is 6.61 Å². The molecule has 0 aliphatic rings. The van der Waals surface area contributed by atoms with Crippen molar-refractivity contribution < 1.29 is 9.47 Å². The third-order valence-corrected chi connectivity index (χ3v) is 4.80. The van der Waals surface area contributed by atoms with Gasteiger partial charge in [0.15, 0.2) is 16.6 Å². The van der Waals surface area contributed by atoms with Crippen LogP contribution in [0.5, 0.6) is 11.5 Å². The second-order valence-electron chi connectivity index (χ2n) is 6.09. The number of rotatable bonds is 7. The van der Waals surface area contributed by atoms with E-state index in [4.69, 9.17) is 44.9 Å². The highest BCUT2D eigenvalue weighted by atomic mass is 35.5. The number of hydrogen-bond donors (Lipinski definition) is 2. The number of para-hydroxylation sites is 2. The van der Waals surface area contributed by atoms with Crippen LogP contribution in [-0.2, 0) is 6.61 Å². The molecule has 0 heterocycles. The Labute approximate surface area is 190 Å². The molecule has 0 unspecified atom stereocenters. The molecule has 0 amide bonds. The minimum atomic E-state index is 0.249. The lowest BCUT2D eigenvalue weighted by Crippen LogP contribution is -2.23. The lowest BCUT2D eigenvalue weighted by Gasteiger charge is -2.14. The number of anilines is 1. The Bertz CT molecular complexity index is 1050. The lowest BCUT2D eigenvalue weighted by molar-refractivity contribution is 0.284. The highest BCUT2D eigenvalue weighted by molar-refractivity contribution is 7.80. The summed E-state index contributed by atoms with van der Waals surface area (Å²) in [6.45, 7) is 0.249. The summed E-state index contributed by atoms with van der Waals surface area (Å²) < 4.78 is 11.4. The van der Waals surface area contributed by atoms with Crippen LogP contribution in [0.2, 0.25) is 10.0 Å². The molecule has 0 saturated carbocycles. The van der Waals surface area contributed by atoms with E-state index in [0.717, 1.165) is 16.8 Å². The van der Waals surface area contributed by atoms with Crippen molar-refractivity contribution in [1.82, 2.24) is 5.43 Å². The number of benzene rings is 3. The first-order valence-electron chi connectivity index (χ1n) is 8.95. The number of nitrogens with one attached hydrogen (secondary N) is 2. The van der Waals surface area contributed by atoms with Gasteiger partial charge in [0.05, 0.1) is 13.3 Å². The zero-order chi connectivity index (χ0) is 21.3. The molecule has 0 bridgehead atoms. The molecule has 3 aromatic rings. The molecule has 0 saturated heterocycles. The summed E-state index contributed by atoms with van der Waals surface area (Å²) in [6, 6.07) is 20.4. The van der Waals surface area contributed by atoms with Gasteiger partial charge in [0.2, 0.25) is 0 Å². The number of methoxy groups -OCH3 is 1. The summed E-state index contributed by atoms with van der Waals surface area (Å²) in [4.78, 5) is 0. The SMILES string of the molecule is COc1cccc(/C=N\NC(=S)Nc2ccccc2)c1OCc1ccc(Cl)cc1Cl. The van der Waals surface area contributed by atoms with Crippen LogP contribution in [0.25, 0.3) is 0 Å².